The number of benzene rings is 3. The van der Waals surface area contributed by atoms with Gasteiger partial charge in [0.15, 0.2) is 11.5 Å². The van der Waals surface area contributed by atoms with Gasteiger partial charge in [-0.2, -0.15) is 8.78 Å². The van der Waals surface area contributed by atoms with Gasteiger partial charge in [-0.25, -0.2) is 0 Å². The summed E-state index contributed by atoms with van der Waals surface area (Å²) in [7, 11) is 1.34. The van der Waals surface area contributed by atoms with Crippen LogP contribution in [0, 0.1) is 6.92 Å². The molecule has 29 heavy (non-hydrogen) atoms. The fraction of sp³-hybridized carbons (Fsp3) is 0.174. The van der Waals surface area contributed by atoms with E-state index in [1.165, 1.54) is 25.3 Å². The van der Waals surface area contributed by atoms with Crippen molar-refractivity contribution < 1.29 is 23.0 Å². The monoisotopic (exact) mass is 397 g/mol. The Kier molecular flexibility index (Phi) is 6.44. The molecule has 0 spiro atoms. The van der Waals surface area contributed by atoms with E-state index in [4.69, 9.17) is 4.74 Å². The number of hydrogen-bond acceptors (Lipinski definition) is 3. The fourth-order valence-electron chi connectivity index (χ4n) is 2.92. The molecule has 0 saturated heterocycles. The summed E-state index contributed by atoms with van der Waals surface area (Å²) in [6.07, 6.45) is 0. The van der Waals surface area contributed by atoms with Crippen LogP contribution in [-0.4, -0.2) is 19.6 Å². The standard InChI is InChI=1S/C23H21F2NO3/c1-16-8-11-19(12-9-16)26(15-17-6-4-3-5-7-17)22(27)18-10-13-20(29-23(24)25)21(14-18)28-2/h3-14,23H,15H2,1-2H3. The van der Waals surface area contributed by atoms with E-state index in [0.717, 1.165) is 16.8 Å². The molecule has 0 aliphatic heterocycles. The van der Waals surface area contributed by atoms with Crippen molar-refractivity contribution in [1.29, 1.82) is 0 Å². The maximum Gasteiger partial charge on any atom is 0.387 e. The van der Waals surface area contributed by atoms with Gasteiger partial charge in [0, 0.05) is 11.3 Å². The highest BCUT2D eigenvalue weighted by Gasteiger charge is 2.21. The summed E-state index contributed by atoms with van der Waals surface area (Å²) in [5, 5.41) is 0. The zero-order chi connectivity index (χ0) is 20.8. The lowest BCUT2D eigenvalue weighted by molar-refractivity contribution is -0.0512. The van der Waals surface area contributed by atoms with Crippen molar-refractivity contribution in [2.75, 3.05) is 12.0 Å². The Hall–Kier alpha value is -3.41. The van der Waals surface area contributed by atoms with Crippen molar-refractivity contribution in [1.82, 2.24) is 0 Å². The zero-order valence-corrected chi connectivity index (χ0v) is 16.1. The van der Waals surface area contributed by atoms with E-state index in [1.807, 2.05) is 61.5 Å². The summed E-state index contributed by atoms with van der Waals surface area (Å²) in [5.74, 6) is -0.330. The van der Waals surface area contributed by atoms with Crippen LogP contribution in [0.1, 0.15) is 21.5 Å². The average molecular weight is 397 g/mol. The number of halogens is 2. The molecule has 4 nitrogen and oxygen atoms in total. The first-order valence-electron chi connectivity index (χ1n) is 9.03. The molecule has 0 aliphatic carbocycles. The van der Waals surface area contributed by atoms with Crippen molar-refractivity contribution in [3.63, 3.8) is 0 Å². The van der Waals surface area contributed by atoms with Crippen LogP contribution in [0.2, 0.25) is 0 Å². The van der Waals surface area contributed by atoms with E-state index in [9.17, 15) is 13.6 Å². The van der Waals surface area contributed by atoms with E-state index in [0.29, 0.717) is 12.1 Å². The molecule has 3 rings (SSSR count). The minimum absolute atomic E-state index is 0.0692. The lowest BCUT2D eigenvalue weighted by Crippen LogP contribution is -2.30. The molecule has 3 aromatic carbocycles. The molecule has 0 N–H and O–H groups in total. The first kappa shape index (κ1) is 20.3. The SMILES string of the molecule is COc1cc(C(=O)N(Cc2ccccc2)c2ccc(C)cc2)ccc1OC(F)F. The van der Waals surface area contributed by atoms with Gasteiger partial charge in [-0.1, -0.05) is 48.0 Å². The topological polar surface area (TPSA) is 38.8 Å². The molecule has 0 bridgehead atoms. The summed E-state index contributed by atoms with van der Waals surface area (Å²) in [4.78, 5) is 15.0. The van der Waals surface area contributed by atoms with Crippen molar-refractivity contribution in [2.24, 2.45) is 0 Å². The van der Waals surface area contributed by atoms with Gasteiger partial charge < -0.3 is 14.4 Å². The normalized spacial score (nSPS) is 10.7. The quantitative estimate of drug-likeness (QED) is 0.532. The third-order valence-corrected chi connectivity index (χ3v) is 4.40. The first-order chi connectivity index (χ1) is 14.0. The summed E-state index contributed by atoms with van der Waals surface area (Å²) in [6, 6.07) is 21.4. The van der Waals surface area contributed by atoms with Crippen LogP contribution in [0.5, 0.6) is 11.5 Å². The van der Waals surface area contributed by atoms with Crippen LogP contribution in [0.4, 0.5) is 14.5 Å². The maximum atomic E-state index is 13.3. The number of carbonyl (C=O) groups is 1. The average Bonchev–Trinajstić information content (AvgIpc) is 2.73. The number of hydrogen-bond donors (Lipinski definition) is 0. The van der Waals surface area contributed by atoms with E-state index < -0.39 is 6.61 Å². The summed E-state index contributed by atoms with van der Waals surface area (Å²) >= 11 is 0. The number of aryl methyl sites for hydroxylation is 1. The highest BCUT2D eigenvalue weighted by molar-refractivity contribution is 6.06. The Morgan fingerprint density at radius 1 is 0.966 bits per heavy atom. The molecule has 3 aromatic rings. The number of amides is 1. The number of rotatable bonds is 7. The van der Waals surface area contributed by atoms with Crippen LogP contribution in [0.3, 0.4) is 0 Å². The molecule has 1 amide bonds. The highest BCUT2D eigenvalue weighted by atomic mass is 19.3. The molecule has 0 heterocycles. The Morgan fingerprint density at radius 3 is 2.28 bits per heavy atom. The lowest BCUT2D eigenvalue weighted by Gasteiger charge is -2.24. The molecule has 0 aliphatic rings. The number of alkyl halides is 2. The van der Waals surface area contributed by atoms with Gasteiger partial charge in [0.1, 0.15) is 0 Å². The van der Waals surface area contributed by atoms with Gasteiger partial charge in [-0.15, -0.1) is 0 Å². The van der Waals surface area contributed by atoms with E-state index in [-0.39, 0.29) is 17.4 Å². The zero-order valence-electron chi connectivity index (χ0n) is 16.1. The van der Waals surface area contributed by atoms with E-state index in [1.54, 1.807) is 4.90 Å². The van der Waals surface area contributed by atoms with Crippen molar-refractivity contribution in [2.45, 2.75) is 20.1 Å². The van der Waals surface area contributed by atoms with Gasteiger partial charge in [0.05, 0.1) is 13.7 Å². The summed E-state index contributed by atoms with van der Waals surface area (Å²) in [5.41, 5.74) is 3.08. The van der Waals surface area contributed by atoms with Gasteiger partial charge >= 0.3 is 6.61 Å². The van der Waals surface area contributed by atoms with Gasteiger partial charge in [0.2, 0.25) is 0 Å². The van der Waals surface area contributed by atoms with Gasteiger partial charge in [0.25, 0.3) is 5.91 Å². The van der Waals surface area contributed by atoms with Crippen LogP contribution in [0.15, 0.2) is 72.8 Å². The van der Waals surface area contributed by atoms with Gasteiger partial charge in [-0.05, 0) is 42.8 Å². The third-order valence-electron chi connectivity index (χ3n) is 4.40. The predicted molar refractivity (Wildman–Crippen MR) is 108 cm³/mol. The van der Waals surface area contributed by atoms with Gasteiger partial charge in [-0.3, -0.25) is 4.79 Å². The van der Waals surface area contributed by atoms with E-state index >= 15 is 0 Å². The minimum atomic E-state index is -2.98. The third kappa shape index (κ3) is 5.10. The number of nitrogens with zero attached hydrogens (tertiary/aromatic N) is 1. The molecule has 6 heteroatoms. The largest absolute Gasteiger partial charge is 0.493 e. The maximum absolute atomic E-state index is 13.3. The molecule has 0 unspecified atom stereocenters. The molecule has 0 saturated carbocycles. The lowest BCUT2D eigenvalue weighted by atomic mass is 10.1. The highest BCUT2D eigenvalue weighted by Crippen LogP contribution is 2.31. The van der Waals surface area contributed by atoms with Crippen molar-refractivity contribution in [3.05, 3.63) is 89.5 Å². The smallest absolute Gasteiger partial charge is 0.387 e. The molecular weight excluding hydrogens is 376 g/mol. The van der Waals surface area contributed by atoms with Crippen LogP contribution in [-0.2, 0) is 6.54 Å². The first-order valence-corrected chi connectivity index (χ1v) is 9.03. The fourth-order valence-corrected chi connectivity index (χ4v) is 2.92. The van der Waals surface area contributed by atoms with Crippen LogP contribution in [0.25, 0.3) is 0 Å². The predicted octanol–water partition coefficient (Wildman–Crippen LogP) is 5.45. The second-order valence-corrected chi connectivity index (χ2v) is 6.46. The number of carbonyl (C=O) groups excluding carboxylic acids is 1. The molecule has 0 fully saturated rings. The van der Waals surface area contributed by atoms with Crippen molar-refractivity contribution in [3.8, 4) is 11.5 Å². The molecule has 0 aromatic heterocycles. The molecule has 150 valence electrons. The Balaban J connectivity index is 1.96. The molecule has 0 atom stereocenters. The van der Waals surface area contributed by atoms with Crippen molar-refractivity contribution >= 4 is 11.6 Å². The number of methoxy groups -OCH3 is 1. The Morgan fingerprint density at radius 2 is 1.66 bits per heavy atom. The Labute approximate surface area is 168 Å². The van der Waals surface area contributed by atoms with Crippen LogP contribution < -0.4 is 14.4 Å². The number of ether oxygens (including phenoxy) is 2. The summed E-state index contributed by atoms with van der Waals surface area (Å²) in [6.45, 7) is -0.646. The second-order valence-electron chi connectivity index (χ2n) is 6.46. The molecule has 0 radical (unpaired) electrons. The minimum Gasteiger partial charge on any atom is -0.493 e. The molecular formula is C23H21F2NO3. The Bertz CT molecular complexity index is 960. The van der Waals surface area contributed by atoms with E-state index in [2.05, 4.69) is 4.74 Å². The second kappa shape index (κ2) is 9.19. The number of anilines is 1. The van der Waals surface area contributed by atoms with Crippen LogP contribution >= 0.6 is 0 Å². The summed E-state index contributed by atoms with van der Waals surface area (Å²) < 4.78 is 34.7.